The average Bonchev–Trinajstić information content (AvgIpc) is 2.91. The van der Waals surface area contributed by atoms with Crippen LogP contribution >= 0.6 is 35.0 Å². The van der Waals surface area contributed by atoms with Crippen molar-refractivity contribution in [2.75, 3.05) is 6.61 Å². The van der Waals surface area contributed by atoms with Gasteiger partial charge in [0.15, 0.2) is 10.8 Å². The molecule has 120 valence electrons. The Bertz CT molecular complexity index is 909. The maximum absolute atomic E-state index is 12.1. The van der Waals surface area contributed by atoms with Crippen LogP contribution in [-0.2, 0) is 12.3 Å². The predicted molar refractivity (Wildman–Crippen MR) is 91.3 cm³/mol. The lowest BCUT2D eigenvalue weighted by molar-refractivity contribution is 0.271. The summed E-state index contributed by atoms with van der Waals surface area (Å²) in [4.78, 5) is 19.2. The van der Waals surface area contributed by atoms with Gasteiger partial charge in [0.25, 0.3) is 5.56 Å². The summed E-state index contributed by atoms with van der Waals surface area (Å²) < 4.78 is 1.50. The zero-order valence-electron chi connectivity index (χ0n) is 11.8. The highest BCUT2D eigenvalue weighted by Gasteiger charge is 2.11. The predicted octanol–water partition coefficient (Wildman–Crippen LogP) is 2.71. The number of hydrogen-bond acceptors (Lipinski definition) is 5. The van der Waals surface area contributed by atoms with Crippen LogP contribution in [0.15, 0.2) is 34.3 Å². The lowest BCUT2D eigenvalue weighted by Crippen LogP contribution is -2.11. The highest BCUT2D eigenvalue weighted by atomic mass is 35.5. The van der Waals surface area contributed by atoms with Crippen LogP contribution in [0, 0.1) is 0 Å². The highest BCUT2D eigenvalue weighted by Crippen LogP contribution is 2.27. The standard InChI is InChI=1S/C14H12Cl2N4O2S/c15-9-2-1-8(11(16)5-9)7-23-14-18-12-10(13(22)19-14)6-17-20(12)3-4-21/h1-2,5-6,21H,3-4,7H2,(H,18,19,22). The van der Waals surface area contributed by atoms with Crippen LogP contribution in [-0.4, -0.2) is 31.5 Å². The van der Waals surface area contributed by atoms with Gasteiger partial charge in [0, 0.05) is 15.8 Å². The van der Waals surface area contributed by atoms with Crippen molar-refractivity contribution >= 4 is 46.0 Å². The molecule has 0 radical (unpaired) electrons. The van der Waals surface area contributed by atoms with E-state index >= 15 is 0 Å². The van der Waals surface area contributed by atoms with Gasteiger partial charge in [-0.05, 0) is 17.7 Å². The van der Waals surface area contributed by atoms with Crippen molar-refractivity contribution < 1.29 is 5.11 Å². The number of benzene rings is 1. The van der Waals surface area contributed by atoms with E-state index in [2.05, 4.69) is 15.1 Å². The smallest absolute Gasteiger partial charge is 0.262 e. The van der Waals surface area contributed by atoms with E-state index in [-0.39, 0.29) is 18.7 Å². The number of nitrogens with one attached hydrogen (secondary N) is 1. The molecular formula is C14H12Cl2N4O2S. The van der Waals surface area contributed by atoms with Crippen molar-refractivity contribution in [3.8, 4) is 0 Å². The van der Waals surface area contributed by atoms with E-state index in [0.717, 1.165) is 5.56 Å². The summed E-state index contributed by atoms with van der Waals surface area (Å²) in [7, 11) is 0. The molecule has 3 aromatic rings. The Morgan fingerprint density at radius 2 is 2.17 bits per heavy atom. The number of halogens is 2. The Morgan fingerprint density at radius 3 is 2.91 bits per heavy atom. The molecule has 0 amide bonds. The van der Waals surface area contributed by atoms with E-state index in [4.69, 9.17) is 28.3 Å². The molecule has 0 bridgehead atoms. The second-order valence-electron chi connectivity index (χ2n) is 4.72. The number of aliphatic hydroxyl groups is 1. The molecule has 0 saturated carbocycles. The fourth-order valence-corrected chi connectivity index (χ4v) is 3.47. The number of aromatic amines is 1. The van der Waals surface area contributed by atoms with Crippen LogP contribution in [0.1, 0.15) is 5.56 Å². The number of hydrogen-bond donors (Lipinski definition) is 2. The molecule has 6 nitrogen and oxygen atoms in total. The van der Waals surface area contributed by atoms with Gasteiger partial charge in [-0.1, -0.05) is 41.0 Å². The monoisotopic (exact) mass is 370 g/mol. The van der Waals surface area contributed by atoms with Crippen molar-refractivity contribution in [2.24, 2.45) is 0 Å². The SMILES string of the molecule is O=c1[nH]c(SCc2ccc(Cl)cc2Cl)nc2c1cnn2CCO. The Hall–Kier alpha value is -1.54. The van der Waals surface area contributed by atoms with Crippen molar-refractivity contribution in [1.29, 1.82) is 0 Å². The van der Waals surface area contributed by atoms with Gasteiger partial charge >= 0.3 is 0 Å². The molecule has 0 aliphatic carbocycles. The molecule has 0 spiro atoms. The van der Waals surface area contributed by atoms with Crippen molar-refractivity contribution in [2.45, 2.75) is 17.5 Å². The first-order valence-corrected chi connectivity index (χ1v) is 8.46. The summed E-state index contributed by atoms with van der Waals surface area (Å²) in [5.41, 5.74) is 1.09. The second kappa shape index (κ2) is 6.92. The van der Waals surface area contributed by atoms with Gasteiger partial charge in [0.2, 0.25) is 0 Å². The molecule has 0 saturated heterocycles. The quantitative estimate of drug-likeness (QED) is 0.532. The Morgan fingerprint density at radius 1 is 1.35 bits per heavy atom. The molecule has 0 atom stereocenters. The van der Waals surface area contributed by atoms with Crippen LogP contribution in [0.4, 0.5) is 0 Å². The molecule has 0 fully saturated rings. The van der Waals surface area contributed by atoms with Gasteiger partial charge in [0.05, 0.1) is 19.3 Å². The number of fused-ring (bicyclic) bond motifs is 1. The average molecular weight is 371 g/mol. The molecule has 0 aliphatic rings. The summed E-state index contributed by atoms with van der Waals surface area (Å²) >= 11 is 13.4. The van der Waals surface area contributed by atoms with Crippen LogP contribution in [0.3, 0.4) is 0 Å². The number of aliphatic hydroxyl groups excluding tert-OH is 1. The first kappa shape index (κ1) is 16.3. The molecule has 0 aliphatic heterocycles. The molecule has 1 aromatic carbocycles. The third-order valence-electron chi connectivity index (χ3n) is 3.18. The summed E-state index contributed by atoms with van der Waals surface area (Å²) in [6, 6.07) is 5.28. The Labute approximate surface area is 145 Å². The Kier molecular flexibility index (Phi) is 4.91. The number of H-pyrrole nitrogens is 1. The summed E-state index contributed by atoms with van der Waals surface area (Å²) in [6.07, 6.45) is 1.45. The van der Waals surface area contributed by atoms with Crippen molar-refractivity contribution in [3.63, 3.8) is 0 Å². The third kappa shape index (κ3) is 3.53. The maximum Gasteiger partial charge on any atom is 0.262 e. The lowest BCUT2D eigenvalue weighted by atomic mass is 10.2. The number of nitrogens with zero attached hydrogens (tertiary/aromatic N) is 3. The van der Waals surface area contributed by atoms with E-state index < -0.39 is 0 Å². The van der Waals surface area contributed by atoms with E-state index in [1.165, 1.54) is 22.6 Å². The molecule has 2 heterocycles. The van der Waals surface area contributed by atoms with Crippen LogP contribution in [0.25, 0.3) is 11.0 Å². The minimum atomic E-state index is -0.260. The van der Waals surface area contributed by atoms with Gasteiger partial charge in [-0.2, -0.15) is 5.10 Å². The molecule has 2 N–H and O–H groups in total. The second-order valence-corrected chi connectivity index (χ2v) is 6.53. The van der Waals surface area contributed by atoms with Gasteiger partial charge < -0.3 is 10.1 Å². The summed E-state index contributed by atoms with van der Waals surface area (Å²) in [5.74, 6) is 0.540. The third-order valence-corrected chi connectivity index (χ3v) is 4.68. The minimum Gasteiger partial charge on any atom is -0.394 e. The number of rotatable bonds is 5. The van der Waals surface area contributed by atoms with Crippen LogP contribution in [0.5, 0.6) is 0 Å². The van der Waals surface area contributed by atoms with Gasteiger partial charge in [-0.3, -0.25) is 4.79 Å². The molecule has 3 rings (SSSR count). The van der Waals surface area contributed by atoms with E-state index in [0.29, 0.717) is 32.0 Å². The normalized spacial score (nSPS) is 11.3. The van der Waals surface area contributed by atoms with Crippen LogP contribution in [0.2, 0.25) is 10.0 Å². The minimum absolute atomic E-state index is 0.0753. The lowest BCUT2D eigenvalue weighted by Gasteiger charge is -2.05. The molecular weight excluding hydrogens is 359 g/mol. The van der Waals surface area contributed by atoms with Gasteiger partial charge in [-0.15, -0.1) is 0 Å². The zero-order valence-corrected chi connectivity index (χ0v) is 14.1. The maximum atomic E-state index is 12.1. The van der Waals surface area contributed by atoms with Crippen molar-refractivity contribution in [1.82, 2.24) is 19.7 Å². The summed E-state index contributed by atoms with van der Waals surface area (Å²) in [6.45, 7) is 0.210. The van der Waals surface area contributed by atoms with Crippen LogP contribution < -0.4 is 5.56 Å². The fourth-order valence-electron chi connectivity index (χ4n) is 2.06. The number of aromatic nitrogens is 4. The molecule has 0 unspecified atom stereocenters. The van der Waals surface area contributed by atoms with E-state index in [1.807, 2.05) is 6.07 Å². The first-order valence-electron chi connectivity index (χ1n) is 6.72. The van der Waals surface area contributed by atoms with Crippen molar-refractivity contribution in [3.05, 3.63) is 50.4 Å². The molecule has 23 heavy (non-hydrogen) atoms. The van der Waals surface area contributed by atoms with E-state index in [1.54, 1.807) is 12.1 Å². The van der Waals surface area contributed by atoms with Gasteiger partial charge in [-0.25, -0.2) is 9.67 Å². The van der Waals surface area contributed by atoms with E-state index in [9.17, 15) is 4.79 Å². The fraction of sp³-hybridized carbons (Fsp3) is 0.214. The Balaban J connectivity index is 1.88. The first-order chi connectivity index (χ1) is 11.1. The molecule has 9 heteroatoms. The topological polar surface area (TPSA) is 83.8 Å². The number of thioether (sulfide) groups is 1. The summed E-state index contributed by atoms with van der Waals surface area (Å²) in [5, 5.41) is 15.1. The zero-order chi connectivity index (χ0) is 16.4. The molecule has 2 aromatic heterocycles. The van der Waals surface area contributed by atoms with Gasteiger partial charge in [0.1, 0.15) is 5.39 Å². The highest BCUT2D eigenvalue weighted by molar-refractivity contribution is 7.98. The largest absolute Gasteiger partial charge is 0.394 e.